The summed E-state index contributed by atoms with van der Waals surface area (Å²) in [5.41, 5.74) is 0.220. The summed E-state index contributed by atoms with van der Waals surface area (Å²) in [5.74, 6) is 8.56. The fourth-order valence-corrected chi connectivity index (χ4v) is 5.30. The number of nitrogens with one attached hydrogen (secondary N) is 3. The van der Waals surface area contributed by atoms with Crippen molar-refractivity contribution in [1.82, 2.24) is 15.6 Å². The Bertz CT molecular complexity index is 1370. The molecule has 1 heterocycles. The van der Waals surface area contributed by atoms with Crippen molar-refractivity contribution >= 4 is 27.6 Å². The van der Waals surface area contributed by atoms with E-state index in [1.165, 1.54) is 13.1 Å². The number of sulfonamides is 1. The van der Waals surface area contributed by atoms with E-state index in [2.05, 4.69) is 39.7 Å². The van der Waals surface area contributed by atoms with Crippen LogP contribution in [-0.4, -0.2) is 75.1 Å². The summed E-state index contributed by atoms with van der Waals surface area (Å²) >= 11 is 0. The molecule has 42 heavy (non-hydrogen) atoms. The van der Waals surface area contributed by atoms with E-state index in [9.17, 15) is 18.3 Å². The molecule has 4 atom stereocenters. The normalized spacial score (nSPS) is 19.3. The summed E-state index contributed by atoms with van der Waals surface area (Å²) < 4.78 is 32.8. The van der Waals surface area contributed by atoms with E-state index in [0.717, 1.165) is 23.6 Å². The lowest BCUT2D eigenvalue weighted by Crippen LogP contribution is -2.50. The Morgan fingerprint density at radius 2 is 1.93 bits per heavy atom. The van der Waals surface area contributed by atoms with Gasteiger partial charge >= 0.3 is 0 Å². The average molecular weight is 598 g/mol. The van der Waals surface area contributed by atoms with Crippen molar-refractivity contribution in [3.63, 3.8) is 0 Å². The van der Waals surface area contributed by atoms with Gasteiger partial charge in [-0.25, -0.2) is 13.4 Å². The minimum Gasteiger partial charge on any atom is -0.491 e. The predicted octanol–water partition coefficient (Wildman–Crippen LogP) is 2.87. The molecule has 2 aliphatic carbocycles. The minimum atomic E-state index is -3.68. The molecule has 4 N–H and O–H groups in total. The number of aliphatic hydroxyl groups excluding tert-OH is 1. The van der Waals surface area contributed by atoms with Gasteiger partial charge in [0.25, 0.3) is 5.91 Å². The van der Waals surface area contributed by atoms with Crippen molar-refractivity contribution in [1.29, 1.82) is 0 Å². The quantitative estimate of drug-likeness (QED) is 0.182. The highest BCUT2D eigenvalue weighted by Gasteiger charge is 2.32. The van der Waals surface area contributed by atoms with Crippen molar-refractivity contribution in [3.05, 3.63) is 48.0 Å². The Labute approximate surface area is 249 Å². The number of ether oxygens (including phenoxy) is 1. The number of aliphatic hydroxyl groups is 1. The maximum atomic E-state index is 13.6. The number of carbonyl (C=O) groups is 1. The van der Waals surface area contributed by atoms with Crippen LogP contribution in [0.3, 0.4) is 0 Å². The summed E-state index contributed by atoms with van der Waals surface area (Å²) in [6, 6.07) is 11.5. The van der Waals surface area contributed by atoms with Crippen LogP contribution < -0.4 is 25.0 Å². The molecular formula is C31H43N5O5S. The molecule has 10 nitrogen and oxygen atoms in total. The highest BCUT2D eigenvalue weighted by molar-refractivity contribution is 7.93. The molecule has 1 aromatic heterocycles. The van der Waals surface area contributed by atoms with Gasteiger partial charge in [0.2, 0.25) is 10.0 Å². The van der Waals surface area contributed by atoms with Crippen LogP contribution in [0.15, 0.2) is 42.5 Å². The molecule has 2 saturated carbocycles. The standard InChI is InChI=1S/C31H43N5O5S/c1-21(2)42(39,40)36(4)30-17-24(16-29(35-30)33-18-25-15-22(25)3)31(38)34-27(20-41-26-10-6-5-7-11-26)28(37)19-32-14-8-9-23-12-13-23/h5-7,10-11,16-17,21-23,25,27-28,32,37H,12-15,18-20H2,1-4H3,(H,33,35)(H,34,38)/t22-,25+,27-,28+/m0/s1. The van der Waals surface area contributed by atoms with E-state index in [4.69, 9.17) is 4.74 Å². The Balaban J connectivity index is 1.51. The Morgan fingerprint density at radius 1 is 1.21 bits per heavy atom. The van der Waals surface area contributed by atoms with Gasteiger partial charge in [0.05, 0.1) is 23.9 Å². The van der Waals surface area contributed by atoms with Gasteiger partial charge in [-0.3, -0.25) is 9.10 Å². The third kappa shape index (κ3) is 9.08. The lowest BCUT2D eigenvalue weighted by atomic mass is 10.1. The maximum Gasteiger partial charge on any atom is 0.251 e. The van der Waals surface area contributed by atoms with E-state index >= 15 is 0 Å². The summed E-state index contributed by atoms with van der Waals surface area (Å²) in [7, 11) is -2.24. The molecule has 1 aromatic carbocycles. The molecule has 0 unspecified atom stereocenters. The number of hydrogen-bond acceptors (Lipinski definition) is 8. The number of benzene rings is 1. The van der Waals surface area contributed by atoms with Crippen LogP contribution in [0.25, 0.3) is 0 Å². The highest BCUT2D eigenvalue weighted by Crippen LogP contribution is 2.37. The second-order valence-electron chi connectivity index (χ2n) is 11.5. The fourth-order valence-electron chi connectivity index (χ4n) is 4.32. The number of pyridine rings is 1. The van der Waals surface area contributed by atoms with E-state index in [1.54, 1.807) is 32.0 Å². The lowest BCUT2D eigenvalue weighted by Gasteiger charge is -2.25. The van der Waals surface area contributed by atoms with Gasteiger partial charge in [-0.15, -0.1) is 0 Å². The van der Waals surface area contributed by atoms with Crippen molar-refractivity contribution in [3.8, 4) is 17.6 Å². The monoisotopic (exact) mass is 597 g/mol. The summed E-state index contributed by atoms with van der Waals surface area (Å²) in [4.78, 5) is 18.1. The molecule has 0 aliphatic heterocycles. The zero-order valence-electron chi connectivity index (χ0n) is 24.8. The number of carbonyl (C=O) groups excluding carboxylic acids is 1. The molecule has 0 bridgehead atoms. The Hall–Kier alpha value is -3.33. The smallest absolute Gasteiger partial charge is 0.251 e. The van der Waals surface area contributed by atoms with Crippen LogP contribution >= 0.6 is 0 Å². The SMILES string of the molecule is CC(C)S(=O)(=O)N(C)c1cc(C(=O)N[C@@H](COc2ccccc2)[C@H](O)CNCC#CC2CC2)cc(NC[C@H]2C[C@@H]2C)n1. The number of hydrogen-bond donors (Lipinski definition) is 4. The second kappa shape index (κ2) is 14.2. The molecule has 4 rings (SSSR count). The lowest BCUT2D eigenvalue weighted by molar-refractivity contribution is 0.0737. The van der Waals surface area contributed by atoms with Crippen LogP contribution in [-0.2, 0) is 10.0 Å². The van der Waals surface area contributed by atoms with E-state index < -0.39 is 33.3 Å². The summed E-state index contributed by atoms with van der Waals surface area (Å²) in [6.45, 7) is 6.71. The topological polar surface area (TPSA) is 133 Å². The van der Waals surface area contributed by atoms with Gasteiger partial charge in [0, 0.05) is 31.6 Å². The Morgan fingerprint density at radius 3 is 2.57 bits per heavy atom. The largest absolute Gasteiger partial charge is 0.491 e. The first-order valence-electron chi connectivity index (χ1n) is 14.6. The summed E-state index contributed by atoms with van der Waals surface area (Å²) in [5, 5.41) is 19.7. The van der Waals surface area contributed by atoms with Gasteiger partial charge < -0.3 is 25.8 Å². The molecule has 0 saturated heterocycles. The number of aromatic nitrogens is 1. The molecule has 1 amide bonds. The third-order valence-electron chi connectivity index (χ3n) is 7.60. The summed E-state index contributed by atoms with van der Waals surface area (Å²) in [6.07, 6.45) is 2.43. The first-order chi connectivity index (χ1) is 20.0. The molecule has 0 radical (unpaired) electrons. The predicted molar refractivity (Wildman–Crippen MR) is 165 cm³/mol. The Kier molecular flexibility index (Phi) is 10.7. The highest BCUT2D eigenvalue weighted by atomic mass is 32.2. The first kappa shape index (κ1) is 31.6. The molecule has 2 aromatic rings. The molecule has 2 aliphatic rings. The van der Waals surface area contributed by atoms with E-state index in [0.29, 0.717) is 42.4 Å². The van der Waals surface area contributed by atoms with E-state index in [1.807, 2.05) is 18.2 Å². The van der Waals surface area contributed by atoms with E-state index in [-0.39, 0.29) is 24.5 Å². The van der Waals surface area contributed by atoms with Gasteiger partial charge in [0.15, 0.2) is 0 Å². The van der Waals surface area contributed by atoms with Crippen molar-refractivity contribution in [2.45, 2.75) is 57.4 Å². The minimum absolute atomic E-state index is 0.0244. The number of anilines is 2. The number of nitrogens with zero attached hydrogens (tertiary/aromatic N) is 2. The molecular weight excluding hydrogens is 554 g/mol. The van der Waals surface area contributed by atoms with Crippen LogP contribution in [0.5, 0.6) is 5.75 Å². The molecule has 2 fully saturated rings. The van der Waals surface area contributed by atoms with Crippen LogP contribution in [0.4, 0.5) is 11.6 Å². The van der Waals surface area contributed by atoms with Gasteiger partial charge in [-0.05, 0) is 69.2 Å². The number of rotatable bonds is 15. The first-order valence-corrected chi connectivity index (χ1v) is 16.1. The van der Waals surface area contributed by atoms with Crippen molar-refractivity contribution in [2.75, 3.05) is 42.9 Å². The fraction of sp³-hybridized carbons (Fsp3) is 0.548. The van der Waals surface area contributed by atoms with Crippen molar-refractivity contribution in [2.24, 2.45) is 17.8 Å². The second-order valence-corrected chi connectivity index (χ2v) is 14.0. The zero-order valence-corrected chi connectivity index (χ0v) is 25.7. The number of amides is 1. The zero-order chi connectivity index (χ0) is 30.3. The van der Waals surface area contributed by atoms with Crippen molar-refractivity contribution < 1.29 is 23.1 Å². The third-order valence-corrected chi connectivity index (χ3v) is 9.74. The maximum absolute atomic E-state index is 13.6. The van der Waals surface area contributed by atoms with Crippen LogP contribution in [0, 0.1) is 29.6 Å². The van der Waals surface area contributed by atoms with Gasteiger partial charge in [-0.1, -0.05) is 37.0 Å². The average Bonchev–Trinajstić information content (AvgIpc) is 3.91. The van der Waals surface area contributed by atoms with Gasteiger partial charge in [0.1, 0.15) is 24.0 Å². The van der Waals surface area contributed by atoms with Gasteiger partial charge in [-0.2, -0.15) is 0 Å². The van der Waals surface area contributed by atoms with Crippen LogP contribution in [0.2, 0.25) is 0 Å². The molecule has 0 spiro atoms. The molecule has 228 valence electrons. The molecule has 11 heteroatoms. The number of para-hydroxylation sites is 1. The van der Waals surface area contributed by atoms with Crippen LogP contribution in [0.1, 0.15) is 50.4 Å².